The highest BCUT2D eigenvalue weighted by molar-refractivity contribution is 6.35. The molecule has 1 heterocycles. The predicted octanol–water partition coefficient (Wildman–Crippen LogP) is 5.96. The molecule has 0 bridgehead atoms. The van der Waals surface area contributed by atoms with Crippen molar-refractivity contribution >= 4 is 52.1 Å². The zero-order chi connectivity index (χ0) is 19.4. The van der Waals surface area contributed by atoms with E-state index in [1.54, 1.807) is 18.2 Å². The Morgan fingerprint density at radius 2 is 1.81 bits per heavy atom. The SMILES string of the molecule is Cc1cc(Cl)cc(Cl)c1OCC(=O)Nc1ccc(N2CCCCC2)c(Cl)c1. The molecule has 3 rings (SSSR count). The van der Waals surface area contributed by atoms with E-state index in [1.807, 2.05) is 19.1 Å². The Kier molecular flexibility index (Phi) is 6.74. The summed E-state index contributed by atoms with van der Waals surface area (Å²) >= 11 is 18.5. The Morgan fingerprint density at radius 3 is 2.48 bits per heavy atom. The largest absolute Gasteiger partial charge is 0.482 e. The van der Waals surface area contributed by atoms with Crippen LogP contribution in [0.1, 0.15) is 24.8 Å². The van der Waals surface area contributed by atoms with Crippen LogP contribution in [-0.4, -0.2) is 25.6 Å². The zero-order valence-corrected chi connectivity index (χ0v) is 17.3. The van der Waals surface area contributed by atoms with E-state index in [1.165, 1.54) is 19.3 Å². The summed E-state index contributed by atoms with van der Waals surface area (Å²) < 4.78 is 5.56. The number of benzene rings is 2. The molecule has 0 aliphatic carbocycles. The fourth-order valence-corrected chi connectivity index (χ4v) is 4.13. The molecule has 27 heavy (non-hydrogen) atoms. The third-order valence-electron chi connectivity index (χ3n) is 4.47. The molecule has 1 amide bonds. The molecule has 0 aromatic heterocycles. The first-order valence-electron chi connectivity index (χ1n) is 8.87. The third kappa shape index (κ3) is 5.22. The van der Waals surface area contributed by atoms with Crippen molar-refractivity contribution < 1.29 is 9.53 Å². The first-order valence-corrected chi connectivity index (χ1v) is 10.0. The van der Waals surface area contributed by atoms with Crippen LogP contribution in [-0.2, 0) is 4.79 Å². The maximum Gasteiger partial charge on any atom is 0.262 e. The normalized spacial score (nSPS) is 14.1. The number of aryl methyl sites for hydroxylation is 1. The van der Waals surface area contributed by atoms with Gasteiger partial charge in [-0.05, 0) is 62.1 Å². The molecule has 1 aliphatic rings. The lowest BCUT2D eigenvalue weighted by Crippen LogP contribution is -2.29. The highest BCUT2D eigenvalue weighted by Crippen LogP contribution is 2.32. The van der Waals surface area contributed by atoms with Crippen LogP contribution in [0.25, 0.3) is 0 Å². The number of halogens is 3. The summed E-state index contributed by atoms with van der Waals surface area (Å²) in [6.45, 7) is 3.69. The summed E-state index contributed by atoms with van der Waals surface area (Å²) in [6, 6.07) is 8.89. The number of hydrogen-bond donors (Lipinski definition) is 1. The van der Waals surface area contributed by atoms with Gasteiger partial charge in [0.1, 0.15) is 5.75 Å². The van der Waals surface area contributed by atoms with Crippen LogP contribution in [0, 0.1) is 6.92 Å². The van der Waals surface area contributed by atoms with E-state index in [4.69, 9.17) is 39.5 Å². The molecular formula is C20H21Cl3N2O2. The lowest BCUT2D eigenvalue weighted by atomic mass is 10.1. The predicted molar refractivity (Wildman–Crippen MR) is 113 cm³/mol. The summed E-state index contributed by atoms with van der Waals surface area (Å²) in [5.41, 5.74) is 2.41. The maximum absolute atomic E-state index is 12.2. The molecule has 1 N–H and O–H groups in total. The number of hydrogen-bond acceptors (Lipinski definition) is 3. The first-order chi connectivity index (χ1) is 12.9. The Hall–Kier alpha value is -1.62. The summed E-state index contributed by atoms with van der Waals surface area (Å²) in [5.74, 6) is 0.164. The van der Waals surface area contributed by atoms with Gasteiger partial charge in [0.05, 0.1) is 15.7 Å². The van der Waals surface area contributed by atoms with Gasteiger partial charge in [0.2, 0.25) is 0 Å². The number of carbonyl (C=O) groups excluding carboxylic acids is 1. The van der Waals surface area contributed by atoms with Crippen LogP contribution < -0.4 is 15.0 Å². The Bertz CT molecular complexity index is 813. The third-order valence-corrected chi connectivity index (χ3v) is 5.27. The molecule has 0 saturated carbocycles. The number of rotatable bonds is 5. The van der Waals surface area contributed by atoms with E-state index in [9.17, 15) is 4.79 Å². The molecule has 7 heteroatoms. The monoisotopic (exact) mass is 426 g/mol. The number of anilines is 2. The second-order valence-electron chi connectivity index (χ2n) is 6.58. The molecule has 1 fully saturated rings. The van der Waals surface area contributed by atoms with Gasteiger partial charge in [-0.1, -0.05) is 34.8 Å². The molecule has 2 aromatic carbocycles. The average molecular weight is 428 g/mol. The van der Waals surface area contributed by atoms with Gasteiger partial charge in [0, 0.05) is 23.8 Å². The van der Waals surface area contributed by atoms with Crippen molar-refractivity contribution in [3.8, 4) is 5.75 Å². The van der Waals surface area contributed by atoms with Crippen molar-refractivity contribution in [2.75, 3.05) is 29.9 Å². The van der Waals surface area contributed by atoms with Crippen LogP contribution in [0.5, 0.6) is 5.75 Å². The number of carbonyl (C=O) groups is 1. The van der Waals surface area contributed by atoms with Crippen LogP contribution in [0.3, 0.4) is 0 Å². The Labute approximate surface area is 174 Å². The molecule has 1 saturated heterocycles. The van der Waals surface area contributed by atoms with Gasteiger partial charge in [-0.2, -0.15) is 0 Å². The summed E-state index contributed by atoms with van der Waals surface area (Å²) in [4.78, 5) is 14.5. The molecule has 2 aromatic rings. The minimum Gasteiger partial charge on any atom is -0.482 e. The Balaban J connectivity index is 1.60. The zero-order valence-electron chi connectivity index (χ0n) is 15.0. The van der Waals surface area contributed by atoms with Crippen molar-refractivity contribution in [2.24, 2.45) is 0 Å². The number of ether oxygens (including phenoxy) is 1. The summed E-state index contributed by atoms with van der Waals surface area (Å²) in [7, 11) is 0. The first kappa shape index (κ1) is 20.1. The fraction of sp³-hybridized carbons (Fsp3) is 0.350. The number of nitrogens with one attached hydrogen (secondary N) is 1. The standard InChI is InChI=1S/C20H21Cl3N2O2/c1-13-9-14(21)10-17(23)20(13)27-12-19(26)24-15-5-6-18(16(22)11-15)25-7-3-2-4-8-25/h5-6,9-11H,2-4,7-8,12H2,1H3,(H,24,26). The highest BCUT2D eigenvalue weighted by atomic mass is 35.5. The van der Waals surface area contributed by atoms with Gasteiger partial charge in [-0.25, -0.2) is 0 Å². The second kappa shape index (κ2) is 9.05. The molecule has 0 atom stereocenters. The minimum absolute atomic E-state index is 0.159. The number of nitrogens with zero attached hydrogens (tertiary/aromatic N) is 1. The minimum atomic E-state index is -0.290. The molecule has 0 unspecified atom stereocenters. The van der Waals surface area contributed by atoms with Gasteiger partial charge >= 0.3 is 0 Å². The molecule has 1 aliphatic heterocycles. The van der Waals surface area contributed by atoms with Crippen LogP contribution in [0.15, 0.2) is 30.3 Å². The summed E-state index contributed by atoms with van der Waals surface area (Å²) in [5, 5.41) is 4.33. The van der Waals surface area contributed by atoms with Crippen molar-refractivity contribution in [2.45, 2.75) is 26.2 Å². The van der Waals surface area contributed by atoms with Gasteiger partial charge in [-0.3, -0.25) is 4.79 Å². The van der Waals surface area contributed by atoms with Gasteiger partial charge in [0.25, 0.3) is 5.91 Å². The molecule has 0 spiro atoms. The van der Waals surface area contributed by atoms with Gasteiger partial charge in [-0.15, -0.1) is 0 Å². The van der Waals surface area contributed by atoms with Crippen LogP contribution in [0.2, 0.25) is 15.1 Å². The highest BCUT2D eigenvalue weighted by Gasteiger charge is 2.15. The lowest BCUT2D eigenvalue weighted by Gasteiger charge is -2.29. The van der Waals surface area contributed by atoms with E-state index >= 15 is 0 Å². The van der Waals surface area contributed by atoms with Crippen LogP contribution in [0.4, 0.5) is 11.4 Å². The Morgan fingerprint density at radius 1 is 1.07 bits per heavy atom. The van der Waals surface area contributed by atoms with Crippen LogP contribution >= 0.6 is 34.8 Å². The van der Waals surface area contributed by atoms with Crippen molar-refractivity contribution in [1.82, 2.24) is 0 Å². The number of amides is 1. The molecule has 0 radical (unpaired) electrons. The maximum atomic E-state index is 12.2. The lowest BCUT2D eigenvalue weighted by molar-refractivity contribution is -0.118. The van der Waals surface area contributed by atoms with E-state index in [2.05, 4.69) is 10.2 Å². The quantitative estimate of drug-likeness (QED) is 0.640. The van der Waals surface area contributed by atoms with E-state index < -0.39 is 0 Å². The smallest absolute Gasteiger partial charge is 0.262 e. The summed E-state index contributed by atoms with van der Waals surface area (Å²) in [6.07, 6.45) is 3.62. The average Bonchev–Trinajstić information content (AvgIpc) is 2.61. The molecule has 4 nitrogen and oxygen atoms in total. The van der Waals surface area contributed by atoms with E-state index in [0.717, 1.165) is 24.3 Å². The van der Waals surface area contributed by atoms with Crippen molar-refractivity contribution in [3.63, 3.8) is 0 Å². The second-order valence-corrected chi connectivity index (χ2v) is 7.84. The van der Waals surface area contributed by atoms with E-state index in [0.29, 0.717) is 26.5 Å². The number of piperidine rings is 1. The molecular weight excluding hydrogens is 407 g/mol. The van der Waals surface area contributed by atoms with Gasteiger partial charge < -0.3 is 15.0 Å². The van der Waals surface area contributed by atoms with Gasteiger partial charge in [0.15, 0.2) is 6.61 Å². The molecule has 144 valence electrons. The topological polar surface area (TPSA) is 41.6 Å². The van der Waals surface area contributed by atoms with Crippen molar-refractivity contribution in [1.29, 1.82) is 0 Å². The van der Waals surface area contributed by atoms with E-state index in [-0.39, 0.29) is 12.5 Å². The van der Waals surface area contributed by atoms with Crippen molar-refractivity contribution in [3.05, 3.63) is 51.0 Å². The fourth-order valence-electron chi connectivity index (χ4n) is 3.18.